The van der Waals surface area contributed by atoms with Crippen LogP contribution in [0.4, 0.5) is 0 Å². The highest BCUT2D eigenvalue weighted by Crippen LogP contribution is 2.12. The van der Waals surface area contributed by atoms with Crippen molar-refractivity contribution >= 4 is 23.5 Å². The van der Waals surface area contributed by atoms with E-state index in [0.29, 0.717) is 5.11 Å². The molecule has 21 heavy (non-hydrogen) atoms. The van der Waals surface area contributed by atoms with Crippen LogP contribution in [0.5, 0.6) is 5.75 Å². The van der Waals surface area contributed by atoms with Crippen LogP contribution >= 0.6 is 12.2 Å². The normalized spacial score (nSPS) is 10.6. The van der Waals surface area contributed by atoms with E-state index in [1.54, 1.807) is 6.21 Å². The first-order valence-electron chi connectivity index (χ1n) is 7.56. The summed E-state index contributed by atoms with van der Waals surface area (Å²) in [6.45, 7) is 5.76. The van der Waals surface area contributed by atoms with Gasteiger partial charge in [-0.2, -0.15) is 5.10 Å². The SMILES string of the molecule is CCCCCCOc1ccc(/C=N\NC(=S)NCC)cc1. The largest absolute Gasteiger partial charge is 0.494 e. The molecule has 0 fully saturated rings. The molecule has 116 valence electrons. The molecule has 0 aliphatic heterocycles. The molecule has 1 rings (SSSR count). The standard InChI is InChI=1S/C16H25N3OS/c1-3-5-6-7-12-20-15-10-8-14(9-11-15)13-18-19-16(21)17-4-2/h8-11,13H,3-7,12H2,1-2H3,(H2,17,19,21)/b18-13-. The van der Waals surface area contributed by atoms with Gasteiger partial charge in [0.2, 0.25) is 0 Å². The zero-order valence-corrected chi connectivity index (χ0v) is 13.7. The first-order chi connectivity index (χ1) is 10.3. The van der Waals surface area contributed by atoms with Crippen molar-refractivity contribution in [2.24, 2.45) is 5.10 Å². The summed E-state index contributed by atoms with van der Waals surface area (Å²) < 4.78 is 5.69. The Bertz CT molecular complexity index is 432. The lowest BCUT2D eigenvalue weighted by Crippen LogP contribution is -2.31. The summed E-state index contributed by atoms with van der Waals surface area (Å²) in [7, 11) is 0. The number of nitrogens with one attached hydrogen (secondary N) is 2. The highest BCUT2D eigenvalue weighted by molar-refractivity contribution is 7.80. The van der Waals surface area contributed by atoms with Crippen LogP contribution in [-0.2, 0) is 0 Å². The van der Waals surface area contributed by atoms with Crippen molar-refractivity contribution in [3.05, 3.63) is 29.8 Å². The topological polar surface area (TPSA) is 45.6 Å². The lowest BCUT2D eigenvalue weighted by molar-refractivity contribution is 0.305. The average Bonchev–Trinajstić information content (AvgIpc) is 2.49. The van der Waals surface area contributed by atoms with Crippen LogP contribution in [0.15, 0.2) is 29.4 Å². The van der Waals surface area contributed by atoms with E-state index >= 15 is 0 Å². The Balaban J connectivity index is 2.29. The molecule has 0 radical (unpaired) electrons. The van der Waals surface area contributed by atoms with E-state index in [1.165, 1.54) is 19.3 Å². The highest BCUT2D eigenvalue weighted by Gasteiger charge is 1.95. The number of hydrogen-bond donors (Lipinski definition) is 2. The lowest BCUT2D eigenvalue weighted by Gasteiger charge is -2.06. The summed E-state index contributed by atoms with van der Waals surface area (Å²) in [5.41, 5.74) is 3.76. The third-order valence-corrected chi connectivity index (χ3v) is 3.10. The molecule has 0 aliphatic carbocycles. The van der Waals surface area contributed by atoms with Gasteiger partial charge in [-0.1, -0.05) is 26.2 Å². The van der Waals surface area contributed by atoms with Crippen LogP contribution in [0.25, 0.3) is 0 Å². The molecule has 0 amide bonds. The Morgan fingerprint density at radius 1 is 1.19 bits per heavy atom. The second-order valence-corrected chi connectivity index (χ2v) is 5.12. The summed E-state index contributed by atoms with van der Waals surface area (Å²) in [6.07, 6.45) is 6.61. The molecule has 0 unspecified atom stereocenters. The summed E-state index contributed by atoms with van der Waals surface area (Å²) in [6, 6.07) is 7.87. The molecule has 1 aromatic carbocycles. The molecular formula is C16H25N3OS. The zero-order chi connectivity index (χ0) is 15.3. The van der Waals surface area contributed by atoms with Gasteiger partial charge in [-0.15, -0.1) is 0 Å². The number of unbranched alkanes of at least 4 members (excludes halogenated alkanes) is 3. The Kier molecular flexibility index (Phi) is 9.20. The fraction of sp³-hybridized carbons (Fsp3) is 0.500. The maximum atomic E-state index is 5.69. The summed E-state index contributed by atoms with van der Waals surface area (Å²) in [4.78, 5) is 0. The van der Waals surface area contributed by atoms with E-state index in [2.05, 4.69) is 22.8 Å². The van der Waals surface area contributed by atoms with E-state index in [-0.39, 0.29) is 0 Å². The minimum atomic E-state index is 0.529. The second kappa shape index (κ2) is 11.1. The summed E-state index contributed by atoms with van der Waals surface area (Å²) in [5.74, 6) is 0.903. The van der Waals surface area contributed by atoms with Crippen molar-refractivity contribution in [2.45, 2.75) is 39.5 Å². The molecular weight excluding hydrogens is 282 g/mol. The predicted molar refractivity (Wildman–Crippen MR) is 93.1 cm³/mol. The van der Waals surface area contributed by atoms with Gasteiger partial charge in [0.15, 0.2) is 5.11 Å². The van der Waals surface area contributed by atoms with Crippen molar-refractivity contribution in [3.8, 4) is 5.75 Å². The van der Waals surface area contributed by atoms with Crippen LogP contribution < -0.4 is 15.5 Å². The molecule has 0 spiro atoms. The minimum absolute atomic E-state index is 0.529. The molecule has 0 saturated carbocycles. The number of nitrogens with zero attached hydrogens (tertiary/aromatic N) is 1. The van der Waals surface area contributed by atoms with Crippen molar-refractivity contribution in [2.75, 3.05) is 13.2 Å². The van der Waals surface area contributed by atoms with E-state index in [4.69, 9.17) is 17.0 Å². The Morgan fingerprint density at radius 2 is 1.95 bits per heavy atom. The number of thiocarbonyl (C=S) groups is 1. The summed E-state index contributed by atoms with van der Waals surface area (Å²) >= 11 is 5.01. The number of hydrazone groups is 1. The van der Waals surface area contributed by atoms with E-state index in [0.717, 1.165) is 30.9 Å². The number of ether oxygens (including phenoxy) is 1. The zero-order valence-electron chi connectivity index (χ0n) is 12.9. The Morgan fingerprint density at radius 3 is 2.62 bits per heavy atom. The van der Waals surface area contributed by atoms with Gasteiger partial charge in [0, 0.05) is 6.54 Å². The Hall–Kier alpha value is -1.62. The Labute approximate surface area is 133 Å². The van der Waals surface area contributed by atoms with Crippen LogP contribution in [0.3, 0.4) is 0 Å². The molecule has 2 N–H and O–H groups in total. The molecule has 0 saturated heterocycles. The monoisotopic (exact) mass is 307 g/mol. The molecule has 0 aliphatic rings. The van der Waals surface area contributed by atoms with Gasteiger partial charge in [0.1, 0.15) is 5.75 Å². The molecule has 5 heteroatoms. The third kappa shape index (κ3) is 8.30. The van der Waals surface area contributed by atoms with Gasteiger partial charge >= 0.3 is 0 Å². The van der Waals surface area contributed by atoms with Gasteiger partial charge in [-0.3, -0.25) is 5.43 Å². The first kappa shape index (κ1) is 17.4. The maximum Gasteiger partial charge on any atom is 0.186 e. The number of benzene rings is 1. The van der Waals surface area contributed by atoms with Crippen LogP contribution in [0.2, 0.25) is 0 Å². The van der Waals surface area contributed by atoms with Crippen molar-refractivity contribution in [1.29, 1.82) is 0 Å². The van der Waals surface area contributed by atoms with E-state index < -0.39 is 0 Å². The molecule has 0 heterocycles. The van der Waals surface area contributed by atoms with Crippen molar-refractivity contribution in [1.82, 2.24) is 10.7 Å². The molecule has 0 aromatic heterocycles. The van der Waals surface area contributed by atoms with Crippen LogP contribution in [0.1, 0.15) is 45.1 Å². The third-order valence-electron chi connectivity index (χ3n) is 2.86. The number of hydrogen-bond acceptors (Lipinski definition) is 3. The van der Waals surface area contributed by atoms with E-state index in [1.807, 2.05) is 31.2 Å². The van der Waals surface area contributed by atoms with Gasteiger partial charge in [0.25, 0.3) is 0 Å². The predicted octanol–water partition coefficient (Wildman–Crippen LogP) is 3.46. The van der Waals surface area contributed by atoms with Gasteiger partial charge in [-0.25, -0.2) is 0 Å². The minimum Gasteiger partial charge on any atom is -0.494 e. The molecule has 4 nitrogen and oxygen atoms in total. The van der Waals surface area contributed by atoms with Gasteiger partial charge < -0.3 is 10.1 Å². The average molecular weight is 307 g/mol. The highest BCUT2D eigenvalue weighted by atomic mass is 32.1. The number of rotatable bonds is 9. The quantitative estimate of drug-likeness (QED) is 0.317. The smallest absolute Gasteiger partial charge is 0.186 e. The fourth-order valence-electron chi connectivity index (χ4n) is 1.73. The fourth-order valence-corrected chi connectivity index (χ4v) is 1.93. The maximum absolute atomic E-state index is 5.69. The van der Waals surface area contributed by atoms with Gasteiger partial charge in [-0.05, 0) is 55.4 Å². The second-order valence-electron chi connectivity index (χ2n) is 4.71. The van der Waals surface area contributed by atoms with Crippen LogP contribution in [-0.4, -0.2) is 24.5 Å². The van der Waals surface area contributed by atoms with Crippen molar-refractivity contribution in [3.63, 3.8) is 0 Å². The van der Waals surface area contributed by atoms with Crippen molar-refractivity contribution < 1.29 is 4.74 Å². The lowest BCUT2D eigenvalue weighted by atomic mass is 10.2. The van der Waals surface area contributed by atoms with E-state index in [9.17, 15) is 0 Å². The molecule has 0 bridgehead atoms. The van der Waals surface area contributed by atoms with Gasteiger partial charge in [0.05, 0.1) is 12.8 Å². The summed E-state index contributed by atoms with van der Waals surface area (Å²) in [5, 5.41) is 7.56. The molecule has 0 atom stereocenters. The molecule has 1 aromatic rings. The van der Waals surface area contributed by atoms with Crippen LogP contribution in [0, 0.1) is 0 Å². The first-order valence-corrected chi connectivity index (χ1v) is 7.96.